The molecule has 0 amide bonds. The summed E-state index contributed by atoms with van der Waals surface area (Å²) in [6.45, 7) is 0. The third kappa shape index (κ3) is 1.41. The van der Waals surface area contributed by atoms with Crippen LogP contribution in [0.25, 0.3) is 0 Å². The Morgan fingerprint density at radius 2 is 2.25 bits per heavy atom. The first-order valence-electron chi connectivity index (χ1n) is 5.79. The van der Waals surface area contributed by atoms with Crippen molar-refractivity contribution in [3.05, 3.63) is 22.4 Å². The molecule has 0 aliphatic heterocycles. The molecule has 2 aliphatic rings. The number of nitriles is 1. The van der Waals surface area contributed by atoms with Crippen LogP contribution in [0.1, 0.15) is 30.1 Å². The minimum Gasteiger partial charge on any atom is -0.297 e. The molecule has 0 saturated heterocycles. The van der Waals surface area contributed by atoms with Crippen molar-refractivity contribution in [2.45, 2.75) is 25.2 Å². The van der Waals surface area contributed by atoms with Crippen LogP contribution >= 0.6 is 11.3 Å². The number of hydrogen-bond acceptors (Lipinski definition) is 3. The predicted octanol–water partition coefficient (Wildman–Crippen LogP) is 2.97. The second-order valence-corrected chi connectivity index (χ2v) is 5.74. The van der Waals surface area contributed by atoms with Crippen LogP contribution in [0.3, 0.4) is 0 Å². The van der Waals surface area contributed by atoms with Crippen LogP contribution in [0.2, 0.25) is 0 Å². The molecule has 0 spiro atoms. The van der Waals surface area contributed by atoms with Crippen molar-refractivity contribution in [2.75, 3.05) is 0 Å². The number of ketones is 1. The summed E-state index contributed by atoms with van der Waals surface area (Å²) in [5.74, 6) is 1.11. The lowest BCUT2D eigenvalue weighted by atomic mass is 9.96. The van der Waals surface area contributed by atoms with Gasteiger partial charge in [0.1, 0.15) is 5.92 Å². The molecule has 82 valence electrons. The minimum absolute atomic E-state index is 0.180. The number of nitrogens with zero attached hydrogens (tertiary/aromatic N) is 1. The van der Waals surface area contributed by atoms with Crippen molar-refractivity contribution in [3.8, 4) is 6.07 Å². The smallest absolute Gasteiger partial charge is 0.158 e. The van der Waals surface area contributed by atoms with Crippen LogP contribution in [0.4, 0.5) is 0 Å². The molecule has 16 heavy (non-hydrogen) atoms. The fraction of sp³-hybridized carbons (Fsp3) is 0.538. The fourth-order valence-corrected chi connectivity index (χ4v) is 3.94. The Kier molecular flexibility index (Phi) is 2.33. The number of Topliss-reactive ketones (excluding diaryl/α,β-unsaturated/α-hetero) is 1. The minimum atomic E-state index is -0.504. The van der Waals surface area contributed by atoms with E-state index in [1.54, 1.807) is 0 Å². The first kappa shape index (κ1) is 10.0. The fourth-order valence-electron chi connectivity index (χ4n) is 3.16. The first-order valence-corrected chi connectivity index (χ1v) is 6.67. The Labute approximate surface area is 98.9 Å². The maximum atomic E-state index is 12.2. The summed E-state index contributed by atoms with van der Waals surface area (Å²) >= 11 is 1.51. The van der Waals surface area contributed by atoms with Crippen molar-refractivity contribution in [2.24, 2.45) is 17.8 Å². The summed E-state index contributed by atoms with van der Waals surface area (Å²) in [7, 11) is 0. The van der Waals surface area contributed by atoms with E-state index in [4.69, 9.17) is 5.26 Å². The molecular formula is C13H13NOS. The van der Waals surface area contributed by atoms with Crippen LogP contribution in [0.5, 0.6) is 0 Å². The molecule has 3 heteroatoms. The molecule has 1 heterocycles. The zero-order chi connectivity index (χ0) is 11.1. The molecule has 0 bridgehead atoms. The quantitative estimate of drug-likeness (QED) is 0.802. The van der Waals surface area contributed by atoms with Crippen LogP contribution in [-0.2, 0) is 4.79 Å². The van der Waals surface area contributed by atoms with Crippen molar-refractivity contribution >= 4 is 17.1 Å². The Balaban J connectivity index is 1.77. The third-order valence-electron chi connectivity index (χ3n) is 3.98. The molecule has 2 saturated carbocycles. The third-order valence-corrected chi connectivity index (χ3v) is 4.91. The maximum Gasteiger partial charge on any atom is 0.158 e. The number of fused-ring (bicyclic) bond motifs is 1. The highest BCUT2D eigenvalue weighted by molar-refractivity contribution is 7.10. The molecule has 2 fully saturated rings. The Hall–Kier alpha value is -1.14. The number of rotatable bonds is 3. The number of carbonyl (C=O) groups excluding carboxylic acids is 1. The van der Waals surface area contributed by atoms with Gasteiger partial charge in [-0.1, -0.05) is 12.5 Å². The van der Waals surface area contributed by atoms with E-state index in [0.717, 1.165) is 4.88 Å². The molecule has 1 aromatic heterocycles. The zero-order valence-electron chi connectivity index (χ0n) is 8.93. The number of carbonyl (C=O) groups is 1. The van der Waals surface area contributed by atoms with Crippen LogP contribution in [0.15, 0.2) is 17.5 Å². The van der Waals surface area contributed by atoms with Crippen molar-refractivity contribution in [1.29, 1.82) is 5.26 Å². The maximum absolute atomic E-state index is 12.2. The molecule has 1 aromatic rings. The monoisotopic (exact) mass is 231 g/mol. The molecule has 3 unspecified atom stereocenters. The van der Waals surface area contributed by atoms with Gasteiger partial charge >= 0.3 is 0 Å². The highest BCUT2D eigenvalue weighted by Crippen LogP contribution is 2.59. The molecule has 3 rings (SSSR count). The van der Waals surface area contributed by atoms with Crippen molar-refractivity contribution in [1.82, 2.24) is 0 Å². The first-order chi connectivity index (χ1) is 7.83. The lowest BCUT2D eigenvalue weighted by Crippen LogP contribution is -2.14. The van der Waals surface area contributed by atoms with Crippen LogP contribution in [-0.4, -0.2) is 5.78 Å². The van der Waals surface area contributed by atoms with Gasteiger partial charge in [-0.15, -0.1) is 11.3 Å². The molecule has 2 aliphatic carbocycles. The van der Waals surface area contributed by atoms with Crippen molar-refractivity contribution in [3.63, 3.8) is 0 Å². The topological polar surface area (TPSA) is 40.9 Å². The molecule has 0 aromatic carbocycles. The largest absolute Gasteiger partial charge is 0.297 e. The van der Waals surface area contributed by atoms with Gasteiger partial charge in [-0.05, 0) is 36.1 Å². The number of thiophene rings is 1. The van der Waals surface area contributed by atoms with Gasteiger partial charge in [0.15, 0.2) is 5.78 Å². The molecular weight excluding hydrogens is 218 g/mol. The van der Waals surface area contributed by atoms with E-state index in [0.29, 0.717) is 11.8 Å². The van der Waals surface area contributed by atoms with Gasteiger partial charge < -0.3 is 0 Å². The standard InChI is InChI=1S/C13H13NOS/c14-7-10(11-5-2-6-16-11)13(15)12-8-3-1-4-9(8)12/h2,5-6,8-10,12H,1,3-4H2. The van der Waals surface area contributed by atoms with E-state index in [2.05, 4.69) is 6.07 Å². The van der Waals surface area contributed by atoms with Crippen LogP contribution < -0.4 is 0 Å². The normalized spacial score (nSPS) is 32.8. The molecule has 0 radical (unpaired) electrons. The van der Waals surface area contributed by atoms with E-state index < -0.39 is 5.92 Å². The summed E-state index contributed by atoms with van der Waals surface area (Å²) < 4.78 is 0. The van der Waals surface area contributed by atoms with Gasteiger partial charge in [0.2, 0.25) is 0 Å². The van der Waals surface area contributed by atoms with E-state index >= 15 is 0 Å². The van der Waals surface area contributed by atoms with E-state index in [1.807, 2.05) is 17.5 Å². The zero-order valence-corrected chi connectivity index (χ0v) is 9.74. The van der Waals surface area contributed by atoms with E-state index in [-0.39, 0.29) is 11.7 Å². The second-order valence-electron chi connectivity index (χ2n) is 4.76. The Bertz CT molecular complexity index is 435. The summed E-state index contributed by atoms with van der Waals surface area (Å²) in [5.41, 5.74) is 0. The highest BCUT2D eigenvalue weighted by atomic mass is 32.1. The average Bonchev–Trinajstić information content (AvgIpc) is 2.77. The summed E-state index contributed by atoms with van der Waals surface area (Å²) in [6, 6.07) is 5.98. The molecule has 3 atom stereocenters. The SMILES string of the molecule is N#CC(C(=O)C1C2CCCC21)c1cccs1. The van der Waals surface area contributed by atoms with Gasteiger partial charge in [-0.2, -0.15) is 5.26 Å². The van der Waals surface area contributed by atoms with Gasteiger partial charge in [-0.25, -0.2) is 0 Å². The second kappa shape index (κ2) is 3.71. The Morgan fingerprint density at radius 1 is 1.50 bits per heavy atom. The van der Waals surface area contributed by atoms with Crippen LogP contribution in [0, 0.1) is 29.1 Å². The summed E-state index contributed by atoms with van der Waals surface area (Å²) in [6.07, 6.45) is 3.67. The predicted molar refractivity (Wildman–Crippen MR) is 62.0 cm³/mol. The van der Waals surface area contributed by atoms with Gasteiger partial charge in [-0.3, -0.25) is 4.79 Å². The summed E-state index contributed by atoms with van der Waals surface area (Å²) in [5, 5.41) is 11.1. The lowest BCUT2D eigenvalue weighted by Gasteiger charge is -2.07. The highest BCUT2D eigenvalue weighted by Gasteiger charge is 2.57. The van der Waals surface area contributed by atoms with Gasteiger partial charge in [0, 0.05) is 10.8 Å². The van der Waals surface area contributed by atoms with E-state index in [1.165, 1.54) is 30.6 Å². The lowest BCUT2D eigenvalue weighted by molar-refractivity contribution is -0.121. The average molecular weight is 231 g/mol. The Morgan fingerprint density at radius 3 is 2.81 bits per heavy atom. The van der Waals surface area contributed by atoms with Gasteiger partial charge in [0.25, 0.3) is 0 Å². The van der Waals surface area contributed by atoms with E-state index in [9.17, 15) is 4.79 Å². The number of hydrogen-bond donors (Lipinski definition) is 0. The van der Waals surface area contributed by atoms with Gasteiger partial charge in [0.05, 0.1) is 6.07 Å². The van der Waals surface area contributed by atoms with Crippen molar-refractivity contribution < 1.29 is 4.79 Å². The molecule has 0 N–H and O–H groups in total. The molecule has 2 nitrogen and oxygen atoms in total. The summed E-state index contributed by atoms with van der Waals surface area (Å²) in [4.78, 5) is 13.1.